The molecule has 0 atom stereocenters. The van der Waals surface area contributed by atoms with E-state index in [2.05, 4.69) is 4.98 Å². The molecule has 0 aliphatic rings. The van der Waals surface area contributed by atoms with Crippen LogP contribution in [0.25, 0.3) is 11.0 Å². The highest BCUT2D eigenvalue weighted by Gasteiger charge is 2.29. The molecule has 0 fully saturated rings. The van der Waals surface area contributed by atoms with E-state index in [1.54, 1.807) is 13.0 Å². The van der Waals surface area contributed by atoms with Crippen LogP contribution in [0.4, 0.5) is 11.5 Å². The summed E-state index contributed by atoms with van der Waals surface area (Å²) >= 11 is 0. The lowest BCUT2D eigenvalue weighted by Crippen LogP contribution is -2.41. The topological polar surface area (TPSA) is 124 Å². The standard InChI is InChI=1S/C26H28N4O5/c1-3-5-15-30-23(27)21(24(31)28-26(30)33)29(4-2)25(32)22-19(16-34-17-11-7-6-8-12-17)18-13-9-10-14-20(18)35-22/h6-14H,3-5,15-16,27H2,1-2H3,(H,28,31,33). The summed E-state index contributed by atoms with van der Waals surface area (Å²) in [5.74, 6) is 0.0927. The number of aromatic amines is 1. The van der Waals surface area contributed by atoms with Crippen molar-refractivity contribution < 1.29 is 13.9 Å². The van der Waals surface area contributed by atoms with Crippen molar-refractivity contribution in [1.82, 2.24) is 9.55 Å². The molecule has 0 bridgehead atoms. The molecule has 0 saturated carbocycles. The third-order valence-corrected chi connectivity index (χ3v) is 5.80. The summed E-state index contributed by atoms with van der Waals surface area (Å²) < 4.78 is 13.2. The third kappa shape index (κ3) is 4.70. The predicted octanol–water partition coefficient (Wildman–Crippen LogP) is 3.91. The fourth-order valence-electron chi connectivity index (χ4n) is 3.99. The number of ether oxygens (including phenoxy) is 1. The van der Waals surface area contributed by atoms with Gasteiger partial charge in [0.05, 0.1) is 0 Å². The van der Waals surface area contributed by atoms with E-state index in [0.717, 1.165) is 11.8 Å². The Morgan fingerprint density at radius 1 is 1.09 bits per heavy atom. The lowest BCUT2D eigenvalue weighted by Gasteiger charge is -2.22. The number of carbonyl (C=O) groups excluding carboxylic acids is 1. The Morgan fingerprint density at radius 3 is 2.51 bits per heavy atom. The van der Waals surface area contributed by atoms with Gasteiger partial charge in [0.25, 0.3) is 11.5 Å². The van der Waals surface area contributed by atoms with Crippen LogP contribution in [0.1, 0.15) is 42.8 Å². The molecule has 9 heteroatoms. The normalized spacial score (nSPS) is 11.0. The second-order valence-corrected chi connectivity index (χ2v) is 8.06. The number of nitrogens with one attached hydrogen (secondary N) is 1. The van der Waals surface area contributed by atoms with E-state index in [-0.39, 0.29) is 30.4 Å². The van der Waals surface area contributed by atoms with Gasteiger partial charge in [0.1, 0.15) is 23.8 Å². The van der Waals surface area contributed by atoms with Crippen LogP contribution in [0.2, 0.25) is 0 Å². The molecule has 9 nitrogen and oxygen atoms in total. The van der Waals surface area contributed by atoms with Gasteiger partial charge < -0.3 is 14.9 Å². The Labute approximate surface area is 201 Å². The number of fused-ring (bicyclic) bond motifs is 1. The average Bonchev–Trinajstić information content (AvgIpc) is 3.24. The smallest absolute Gasteiger partial charge is 0.330 e. The first-order valence-corrected chi connectivity index (χ1v) is 11.6. The first kappa shape index (κ1) is 23.9. The highest BCUT2D eigenvalue weighted by atomic mass is 16.5. The largest absolute Gasteiger partial charge is 0.489 e. The van der Waals surface area contributed by atoms with Gasteiger partial charge in [-0.2, -0.15) is 0 Å². The number of nitrogen functional groups attached to an aromatic ring is 1. The van der Waals surface area contributed by atoms with Crippen molar-refractivity contribution in [3.8, 4) is 5.75 Å². The van der Waals surface area contributed by atoms with Gasteiger partial charge in [0, 0.05) is 24.0 Å². The zero-order valence-corrected chi connectivity index (χ0v) is 19.7. The molecule has 0 aliphatic heterocycles. The monoisotopic (exact) mass is 476 g/mol. The number of rotatable bonds is 9. The zero-order valence-electron chi connectivity index (χ0n) is 19.7. The van der Waals surface area contributed by atoms with Gasteiger partial charge in [-0.1, -0.05) is 49.7 Å². The SMILES string of the molecule is CCCCn1c(N)c(N(CC)C(=O)c2oc3ccccc3c2COc2ccccc2)c(=O)[nH]c1=O. The van der Waals surface area contributed by atoms with Gasteiger partial charge in [-0.25, -0.2) is 4.79 Å². The Morgan fingerprint density at radius 2 is 1.80 bits per heavy atom. The fraction of sp³-hybridized carbons (Fsp3) is 0.269. The molecule has 0 aliphatic carbocycles. The van der Waals surface area contributed by atoms with Crippen LogP contribution < -0.4 is 26.6 Å². The van der Waals surface area contributed by atoms with Crippen molar-refractivity contribution in [3.63, 3.8) is 0 Å². The molecule has 35 heavy (non-hydrogen) atoms. The molecule has 0 spiro atoms. The number of furan rings is 1. The quantitative estimate of drug-likeness (QED) is 0.377. The second-order valence-electron chi connectivity index (χ2n) is 8.06. The molecule has 2 aromatic carbocycles. The summed E-state index contributed by atoms with van der Waals surface area (Å²) in [6, 6.07) is 16.5. The van der Waals surface area contributed by atoms with Crippen LogP contribution >= 0.6 is 0 Å². The van der Waals surface area contributed by atoms with Gasteiger partial charge in [0.15, 0.2) is 11.4 Å². The van der Waals surface area contributed by atoms with Gasteiger partial charge in [-0.3, -0.25) is 24.0 Å². The molecule has 0 saturated heterocycles. The van der Waals surface area contributed by atoms with Crippen molar-refractivity contribution in [2.24, 2.45) is 0 Å². The summed E-state index contributed by atoms with van der Waals surface area (Å²) in [6.07, 6.45) is 1.53. The number of anilines is 2. The van der Waals surface area contributed by atoms with Gasteiger partial charge >= 0.3 is 5.69 Å². The number of nitrogens with two attached hydrogens (primary N) is 1. The maximum atomic E-state index is 13.8. The molecular weight excluding hydrogens is 448 g/mol. The maximum Gasteiger partial charge on any atom is 0.330 e. The summed E-state index contributed by atoms with van der Waals surface area (Å²) in [5, 5.41) is 0.734. The minimum atomic E-state index is -0.728. The van der Waals surface area contributed by atoms with Crippen LogP contribution in [-0.4, -0.2) is 22.0 Å². The molecule has 4 rings (SSSR count). The third-order valence-electron chi connectivity index (χ3n) is 5.80. The first-order chi connectivity index (χ1) is 17.0. The fourth-order valence-corrected chi connectivity index (χ4v) is 3.99. The van der Waals surface area contributed by atoms with Crippen LogP contribution in [0.15, 0.2) is 68.6 Å². The number of amides is 1. The second kappa shape index (κ2) is 10.3. The first-order valence-electron chi connectivity index (χ1n) is 11.6. The molecular formula is C26H28N4O5. The Bertz CT molecular complexity index is 1450. The highest BCUT2D eigenvalue weighted by Crippen LogP contribution is 2.30. The molecule has 4 aromatic rings. The van der Waals surface area contributed by atoms with Crippen molar-refractivity contribution >= 4 is 28.4 Å². The lowest BCUT2D eigenvalue weighted by atomic mass is 10.1. The van der Waals surface area contributed by atoms with Crippen molar-refractivity contribution in [2.75, 3.05) is 17.2 Å². The van der Waals surface area contributed by atoms with Crippen LogP contribution in [0.5, 0.6) is 5.75 Å². The number of nitrogens with zero attached hydrogens (tertiary/aromatic N) is 2. The summed E-state index contributed by atoms with van der Waals surface area (Å²) in [7, 11) is 0. The van der Waals surface area contributed by atoms with Gasteiger partial charge in [-0.05, 0) is 31.5 Å². The Balaban J connectivity index is 1.78. The van der Waals surface area contributed by atoms with Gasteiger partial charge in [0.2, 0.25) is 0 Å². The Kier molecular flexibility index (Phi) is 7.05. The van der Waals surface area contributed by atoms with Crippen LogP contribution in [0, 0.1) is 0 Å². The summed E-state index contributed by atoms with van der Waals surface area (Å²) in [6.45, 7) is 4.25. The minimum Gasteiger partial charge on any atom is -0.489 e. The molecule has 0 unspecified atom stereocenters. The molecule has 2 aromatic heterocycles. The number of unbranched alkanes of at least 4 members (excludes halogenated alkanes) is 1. The minimum absolute atomic E-state index is 0.0501. The number of para-hydroxylation sites is 2. The molecule has 3 N–H and O–H groups in total. The molecule has 182 valence electrons. The van der Waals surface area contributed by atoms with E-state index < -0.39 is 17.2 Å². The summed E-state index contributed by atoms with van der Waals surface area (Å²) in [5.41, 5.74) is 5.93. The van der Waals surface area contributed by atoms with E-state index in [9.17, 15) is 14.4 Å². The number of carbonyl (C=O) groups is 1. The number of H-pyrrole nitrogens is 1. The zero-order chi connectivity index (χ0) is 24.9. The van der Waals surface area contributed by atoms with E-state index in [4.69, 9.17) is 14.9 Å². The van der Waals surface area contributed by atoms with Crippen LogP contribution in [-0.2, 0) is 13.2 Å². The van der Waals surface area contributed by atoms with Crippen molar-refractivity contribution in [3.05, 3.63) is 86.8 Å². The van der Waals surface area contributed by atoms with Gasteiger partial charge in [-0.15, -0.1) is 0 Å². The van der Waals surface area contributed by atoms with Crippen molar-refractivity contribution in [2.45, 2.75) is 39.8 Å². The number of aromatic nitrogens is 2. The highest BCUT2D eigenvalue weighted by molar-refractivity contribution is 6.09. The maximum absolute atomic E-state index is 13.8. The average molecular weight is 477 g/mol. The summed E-state index contributed by atoms with van der Waals surface area (Å²) in [4.78, 5) is 42.4. The van der Waals surface area contributed by atoms with E-state index in [0.29, 0.717) is 29.9 Å². The molecule has 0 radical (unpaired) electrons. The number of hydrogen-bond donors (Lipinski definition) is 2. The van der Waals surface area contributed by atoms with E-state index in [1.807, 2.05) is 55.5 Å². The van der Waals surface area contributed by atoms with Crippen molar-refractivity contribution in [1.29, 1.82) is 0 Å². The van der Waals surface area contributed by atoms with E-state index in [1.165, 1.54) is 9.47 Å². The number of benzene rings is 2. The lowest BCUT2D eigenvalue weighted by molar-refractivity contribution is 0.0960. The number of hydrogen-bond acceptors (Lipinski definition) is 6. The predicted molar refractivity (Wildman–Crippen MR) is 135 cm³/mol. The van der Waals surface area contributed by atoms with Crippen LogP contribution in [0.3, 0.4) is 0 Å². The Hall–Kier alpha value is -4.27. The molecule has 1 amide bonds. The van der Waals surface area contributed by atoms with E-state index >= 15 is 0 Å². The molecule has 2 heterocycles.